The summed E-state index contributed by atoms with van der Waals surface area (Å²) in [5, 5.41) is 4.09. The van der Waals surface area contributed by atoms with Crippen LogP contribution in [0.1, 0.15) is 5.56 Å². The third kappa shape index (κ3) is 3.52. The summed E-state index contributed by atoms with van der Waals surface area (Å²) in [5.74, 6) is -0.103. The van der Waals surface area contributed by atoms with Crippen molar-refractivity contribution in [3.05, 3.63) is 45.5 Å². The van der Waals surface area contributed by atoms with Crippen molar-refractivity contribution < 1.29 is 4.79 Å². The lowest BCUT2D eigenvalue weighted by Gasteiger charge is -2.05. The van der Waals surface area contributed by atoms with Gasteiger partial charge < -0.3 is 5.32 Å². The van der Waals surface area contributed by atoms with Crippen LogP contribution in [-0.4, -0.2) is 10.3 Å². The molecule has 0 saturated carbocycles. The summed E-state index contributed by atoms with van der Waals surface area (Å²) < 4.78 is 4.81. The number of aromatic nitrogens is 1. The molecule has 0 aliphatic rings. The zero-order valence-electron chi connectivity index (χ0n) is 8.61. The fraction of sp³-hybridized carbons (Fsp3) is 0.0909. The summed E-state index contributed by atoms with van der Waals surface area (Å²) in [6.45, 7) is 0. The molecular weight excluding hydrogens is 324 g/mol. The number of benzene rings is 1. The van der Waals surface area contributed by atoms with Crippen LogP contribution in [0.2, 0.25) is 5.02 Å². The molecule has 6 heteroatoms. The first-order valence-electron chi connectivity index (χ1n) is 4.79. The molecule has 88 valence electrons. The Labute approximate surface area is 116 Å². The molecule has 1 aromatic carbocycles. The molecule has 0 saturated heterocycles. The van der Waals surface area contributed by atoms with Crippen LogP contribution >= 0.6 is 39.1 Å². The Morgan fingerprint density at radius 1 is 1.47 bits per heavy atom. The van der Waals surface area contributed by atoms with E-state index in [0.717, 1.165) is 15.0 Å². The topological polar surface area (TPSA) is 42.0 Å². The number of nitrogens with zero attached hydrogens (tertiary/aromatic N) is 1. The number of nitrogens with one attached hydrogen (secondary N) is 1. The Hall–Kier alpha value is -0.910. The van der Waals surface area contributed by atoms with E-state index in [4.69, 9.17) is 11.6 Å². The van der Waals surface area contributed by atoms with E-state index in [9.17, 15) is 4.79 Å². The lowest BCUT2D eigenvalue weighted by Crippen LogP contribution is -2.13. The van der Waals surface area contributed by atoms with Gasteiger partial charge in [-0.05, 0) is 41.4 Å². The fourth-order valence-electron chi connectivity index (χ4n) is 1.31. The largest absolute Gasteiger partial charge is 0.316 e. The van der Waals surface area contributed by atoms with Crippen LogP contribution in [0.4, 0.5) is 5.00 Å². The first-order chi connectivity index (χ1) is 8.15. The maximum atomic E-state index is 11.7. The van der Waals surface area contributed by atoms with Gasteiger partial charge in [0.05, 0.1) is 6.42 Å². The molecule has 1 heterocycles. The van der Waals surface area contributed by atoms with Gasteiger partial charge in [-0.2, -0.15) is 4.37 Å². The van der Waals surface area contributed by atoms with Crippen molar-refractivity contribution in [3.63, 3.8) is 0 Å². The minimum Gasteiger partial charge on any atom is -0.316 e. The van der Waals surface area contributed by atoms with Crippen molar-refractivity contribution in [2.45, 2.75) is 6.42 Å². The second kappa shape index (κ2) is 5.62. The van der Waals surface area contributed by atoms with Crippen molar-refractivity contribution in [2.24, 2.45) is 0 Å². The molecule has 0 fully saturated rings. The summed E-state index contributed by atoms with van der Waals surface area (Å²) >= 11 is 10.6. The lowest BCUT2D eigenvalue weighted by atomic mass is 10.1. The van der Waals surface area contributed by atoms with Crippen molar-refractivity contribution in [1.29, 1.82) is 0 Å². The number of amides is 1. The Kier molecular flexibility index (Phi) is 4.15. The highest BCUT2D eigenvalue weighted by Gasteiger charge is 2.08. The zero-order chi connectivity index (χ0) is 12.3. The predicted octanol–water partition coefficient (Wildman–Crippen LogP) is 3.74. The molecule has 1 N–H and O–H groups in total. The molecule has 1 aromatic heterocycles. The normalized spacial score (nSPS) is 10.2. The average molecular weight is 332 g/mol. The molecule has 1 amide bonds. The molecule has 0 radical (unpaired) electrons. The SMILES string of the molecule is O=C(Cc1cc(Br)ccc1Cl)Nc1ccns1. The number of hydrogen-bond donors (Lipinski definition) is 1. The second-order valence-corrected chi connectivity index (χ2v) is 5.49. The maximum absolute atomic E-state index is 11.7. The standard InChI is InChI=1S/C11H8BrClN2OS/c12-8-1-2-9(13)7(5-8)6-10(16)15-11-3-4-14-17-11/h1-5H,6H2,(H,15,16). The van der Waals surface area contributed by atoms with Gasteiger partial charge in [-0.3, -0.25) is 4.79 Å². The summed E-state index contributed by atoms with van der Waals surface area (Å²) in [7, 11) is 0. The van der Waals surface area contributed by atoms with Crippen LogP contribution < -0.4 is 5.32 Å². The van der Waals surface area contributed by atoms with E-state index in [0.29, 0.717) is 5.02 Å². The molecule has 0 aliphatic heterocycles. The van der Waals surface area contributed by atoms with E-state index in [-0.39, 0.29) is 12.3 Å². The number of anilines is 1. The number of carbonyl (C=O) groups excluding carboxylic acids is 1. The predicted molar refractivity (Wildman–Crippen MR) is 73.6 cm³/mol. The van der Waals surface area contributed by atoms with Gasteiger partial charge in [0.1, 0.15) is 5.00 Å². The minimum absolute atomic E-state index is 0.103. The molecule has 0 bridgehead atoms. The van der Waals surface area contributed by atoms with Crippen LogP contribution in [-0.2, 0) is 11.2 Å². The lowest BCUT2D eigenvalue weighted by molar-refractivity contribution is -0.115. The van der Waals surface area contributed by atoms with Gasteiger partial charge in [-0.25, -0.2) is 0 Å². The van der Waals surface area contributed by atoms with Crippen molar-refractivity contribution >= 4 is 50.0 Å². The molecule has 0 atom stereocenters. The molecule has 3 nitrogen and oxygen atoms in total. The molecule has 17 heavy (non-hydrogen) atoms. The number of halogens is 2. The monoisotopic (exact) mass is 330 g/mol. The molecule has 2 aromatic rings. The summed E-state index contributed by atoms with van der Waals surface area (Å²) in [4.78, 5) is 11.7. The molecule has 0 aliphatic carbocycles. The van der Waals surface area contributed by atoms with Crippen LogP contribution in [0.15, 0.2) is 34.9 Å². The second-order valence-electron chi connectivity index (χ2n) is 3.34. The van der Waals surface area contributed by atoms with Gasteiger partial charge in [0.15, 0.2) is 0 Å². The number of hydrogen-bond acceptors (Lipinski definition) is 3. The summed E-state index contributed by atoms with van der Waals surface area (Å²) in [5.41, 5.74) is 0.794. The smallest absolute Gasteiger partial charge is 0.229 e. The summed E-state index contributed by atoms with van der Waals surface area (Å²) in [6.07, 6.45) is 1.89. The molecule has 2 rings (SSSR count). The fourth-order valence-corrected chi connectivity index (χ4v) is 2.42. The van der Waals surface area contributed by atoms with E-state index < -0.39 is 0 Å². The van der Waals surface area contributed by atoms with Gasteiger partial charge in [-0.15, -0.1) is 0 Å². The number of carbonyl (C=O) groups is 1. The van der Waals surface area contributed by atoms with Gasteiger partial charge in [0.25, 0.3) is 0 Å². The van der Waals surface area contributed by atoms with Crippen molar-refractivity contribution in [1.82, 2.24) is 4.37 Å². The third-order valence-corrected chi connectivity index (χ3v) is 3.58. The quantitative estimate of drug-likeness (QED) is 0.931. The van der Waals surface area contributed by atoms with Gasteiger partial charge >= 0.3 is 0 Å². The van der Waals surface area contributed by atoms with Crippen LogP contribution in [0.5, 0.6) is 0 Å². The van der Waals surface area contributed by atoms with E-state index >= 15 is 0 Å². The van der Waals surface area contributed by atoms with Crippen molar-refractivity contribution in [3.8, 4) is 0 Å². The highest BCUT2D eigenvalue weighted by molar-refractivity contribution is 9.10. The molecular formula is C11H8BrClN2OS. The molecule has 0 unspecified atom stereocenters. The minimum atomic E-state index is -0.103. The van der Waals surface area contributed by atoms with Crippen LogP contribution in [0, 0.1) is 0 Å². The first-order valence-corrected chi connectivity index (χ1v) is 6.74. The van der Waals surface area contributed by atoms with Crippen LogP contribution in [0.3, 0.4) is 0 Å². The van der Waals surface area contributed by atoms with E-state index in [2.05, 4.69) is 25.6 Å². The zero-order valence-corrected chi connectivity index (χ0v) is 11.8. The Balaban J connectivity index is 2.05. The number of rotatable bonds is 3. The van der Waals surface area contributed by atoms with Gasteiger partial charge in [-0.1, -0.05) is 27.5 Å². The Morgan fingerprint density at radius 3 is 3.00 bits per heavy atom. The summed E-state index contributed by atoms with van der Waals surface area (Å²) in [6, 6.07) is 7.20. The molecule has 0 spiro atoms. The average Bonchev–Trinajstić information content (AvgIpc) is 2.76. The highest BCUT2D eigenvalue weighted by atomic mass is 79.9. The highest BCUT2D eigenvalue weighted by Crippen LogP contribution is 2.22. The Bertz CT molecular complexity index is 530. The van der Waals surface area contributed by atoms with E-state index in [1.807, 2.05) is 12.1 Å². The first kappa shape index (κ1) is 12.5. The van der Waals surface area contributed by atoms with Gasteiger partial charge in [0, 0.05) is 15.7 Å². The van der Waals surface area contributed by atoms with Crippen molar-refractivity contribution in [2.75, 3.05) is 5.32 Å². The van der Waals surface area contributed by atoms with E-state index in [1.54, 1.807) is 18.3 Å². The third-order valence-electron chi connectivity index (χ3n) is 2.06. The van der Waals surface area contributed by atoms with E-state index in [1.165, 1.54) is 11.5 Å². The maximum Gasteiger partial charge on any atom is 0.229 e. The van der Waals surface area contributed by atoms with Crippen LogP contribution in [0.25, 0.3) is 0 Å². The van der Waals surface area contributed by atoms with Gasteiger partial charge in [0.2, 0.25) is 5.91 Å². The Morgan fingerprint density at radius 2 is 2.29 bits per heavy atom.